The Morgan fingerprint density at radius 2 is 1.85 bits per heavy atom. The summed E-state index contributed by atoms with van der Waals surface area (Å²) >= 11 is 0. The second kappa shape index (κ2) is 5.00. The van der Waals surface area contributed by atoms with Crippen molar-refractivity contribution in [2.45, 2.75) is 6.42 Å². The smallest absolute Gasteiger partial charge is 0.0522 e. The van der Waals surface area contributed by atoms with Crippen molar-refractivity contribution in [2.75, 3.05) is 20.6 Å². The average Bonchev–Trinajstić information content (AvgIpc) is 2.04. The fraction of sp³-hybridized carbons (Fsp3) is 0.364. The van der Waals surface area contributed by atoms with Crippen LogP contribution in [0.2, 0.25) is 0 Å². The molecule has 2 nitrogen and oxygen atoms in total. The van der Waals surface area contributed by atoms with Crippen LogP contribution >= 0.6 is 0 Å². The molecule has 13 heavy (non-hydrogen) atoms. The standard InChI is InChI=1S/C11H17N2/c1-13(2)9-11(12)8-10-6-4-3-5-7-10/h3-7H,8-9,12H2,1-2H3. The van der Waals surface area contributed by atoms with Gasteiger partial charge in [0.15, 0.2) is 0 Å². The molecule has 0 aliphatic heterocycles. The third kappa shape index (κ3) is 4.06. The molecule has 1 rings (SSSR count). The number of hydrogen-bond acceptors (Lipinski definition) is 2. The first kappa shape index (κ1) is 10.2. The molecule has 71 valence electrons. The van der Waals surface area contributed by atoms with E-state index >= 15 is 0 Å². The van der Waals surface area contributed by atoms with Crippen LogP contribution in [0, 0.1) is 6.04 Å². The SMILES string of the molecule is CN(C)C[C](N)Cc1ccccc1. The van der Waals surface area contributed by atoms with Gasteiger partial charge >= 0.3 is 0 Å². The number of nitrogens with two attached hydrogens (primary N) is 1. The lowest BCUT2D eigenvalue weighted by Crippen LogP contribution is -2.27. The molecule has 0 atom stereocenters. The Labute approximate surface area is 80.4 Å². The quantitative estimate of drug-likeness (QED) is 0.750. The highest BCUT2D eigenvalue weighted by Crippen LogP contribution is 2.05. The van der Waals surface area contributed by atoms with Crippen LogP contribution in [0.4, 0.5) is 0 Å². The minimum absolute atomic E-state index is 0.856. The van der Waals surface area contributed by atoms with Gasteiger partial charge in [0.25, 0.3) is 0 Å². The van der Waals surface area contributed by atoms with Gasteiger partial charge < -0.3 is 10.6 Å². The third-order valence-electron chi connectivity index (χ3n) is 1.79. The highest BCUT2D eigenvalue weighted by molar-refractivity contribution is 5.18. The number of rotatable bonds is 4. The molecule has 0 aliphatic rings. The van der Waals surface area contributed by atoms with Crippen LogP contribution in [0.15, 0.2) is 30.3 Å². The van der Waals surface area contributed by atoms with Crippen molar-refractivity contribution < 1.29 is 0 Å². The van der Waals surface area contributed by atoms with Crippen molar-refractivity contribution in [1.29, 1.82) is 0 Å². The van der Waals surface area contributed by atoms with Gasteiger partial charge in [-0.3, -0.25) is 0 Å². The molecule has 1 aromatic rings. The number of hydrogen-bond donors (Lipinski definition) is 1. The highest BCUT2D eigenvalue weighted by Gasteiger charge is 2.05. The molecule has 0 aromatic heterocycles. The van der Waals surface area contributed by atoms with Crippen LogP contribution in [0.25, 0.3) is 0 Å². The van der Waals surface area contributed by atoms with E-state index in [9.17, 15) is 0 Å². The van der Waals surface area contributed by atoms with E-state index in [0.717, 1.165) is 19.0 Å². The van der Waals surface area contributed by atoms with Crippen molar-refractivity contribution in [1.82, 2.24) is 4.90 Å². The van der Waals surface area contributed by atoms with Gasteiger partial charge in [-0.1, -0.05) is 30.3 Å². The Morgan fingerprint density at radius 3 is 2.38 bits per heavy atom. The highest BCUT2D eigenvalue weighted by atomic mass is 15.1. The van der Waals surface area contributed by atoms with E-state index in [0.29, 0.717) is 0 Å². The molecule has 1 aromatic carbocycles. The van der Waals surface area contributed by atoms with E-state index in [1.165, 1.54) is 5.56 Å². The van der Waals surface area contributed by atoms with Gasteiger partial charge in [0.05, 0.1) is 6.04 Å². The molecule has 0 fully saturated rings. The van der Waals surface area contributed by atoms with E-state index in [2.05, 4.69) is 17.0 Å². The normalized spacial score (nSPS) is 11.2. The Balaban J connectivity index is 2.41. The van der Waals surface area contributed by atoms with E-state index in [4.69, 9.17) is 5.73 Å². The Hall–Kier alpha value is -0.860. The van der Waals surface area contributed by atoms with E-state index in [1.807, 2.05) is 32.3 Å². The van der Waals surface area contributed by atoms with Gasteiger partial charge in [0.2, 0.25) is 0 Å². The van der Waals surface area contributed by atoms with Gasteiger partial charge in [-0.25, -0.2) is 0 Å². The molecular formula is C11H17N2. The van der Waals surface area contributed by atoms with E-state index in [1.54, 1.807) is 0 Å². The Kier molecular flexibility index (Phi) is 3.93. The van der Waals surface area contributed by atoms with Crippen LogP contribution in [0.3, 0.4) is 0 Å². The summed E-state index contributed by atoms with van der Waals surface area (Å²) in [6, 6.07) is 11.3. The molecule has 2 heteroatoms. The molecule has 0 amide bonds. The maximum atomic E-state index is 5.88. The molecule has 0 spiro atoms. The molecule has 0 saturated carbocycles. The summed E-state index contributed by atoms with van der Waals surface area (Å²) in [4.78, 5) is 2.08. The molecular weight excluding hydrogens is 160 g/mol. The maximum Gasteiger partial charge on any atom is 0.0522 e. The Morgan fingerprint density at radius 1 is 1.23 bits per heavy atom. The molecule has 0 unspecified atom stereocenters. The number of nitrogens with zero attached hydrogens (tertiary/aromatic N) is 1. The lowest BCUT2D eigenvalue weighted by molar-refractivity contribution is 0.414. The summed E-state index contributed by atoms with van der Waals surface area (Å²) < 4.78 is 0. The summed E-state index contributed by atoms with van der Waals surface area (Å²) in [7, 11) is 4.05. The van der Waals surface area contributed by atoms with Gasteiger partial charge in [0, 0.05) is 6.54 Å². The summed E-state index contributed by atoms with van der Waals surface area (Å²) in [6.45, 7) is 0.856. The van der Waals surface area contributed by atoms with Crippen molar-refractivity contribution in [3.05, 3.63) is 41.9 Å². The van der Waals surface area contributed by atoms with Crippen LogP contribution in [-0.2, 0) is 6.42 Å². The first-order valence-corrected chi connectivity index (χ1v) is 4.47. The fourth-order valence-electron chi connectivity index (χ4n) is 1.32. The van der Waals surface area contributed by atoms with Crippen LogP contribution in [0.5, 0.6) is 0 Å². The summed E-state index contributed by atoms with van der Waals surface area (Å²) in [6.07, 6.45) is 0.874. The predicted octanol–water partition coefficient (Wildman–Crippen LogP) is 1.28. The minimum Gasteiger partial charge on any atom is -0.322 e. The number of likely N-dealkylation sites (N-methyl/N-ethyl adjacent to an activating group) is 1. The average molecular weight is 177 g/mol. The number of benzene rings is 1. The zero-order valence-electron chi connectivity index (χ0n) is 8.33. The van der Waals surface area contributed by atoms with Crippen molar-refractivity contribution in [3.8, 4) is 0 Å². The molecule has 0 aliphatic carbocycles. The summed E-state index contributed by atoms with van der Waals surface area (Å²) in [5.74, 6) is 0. The summed E-state index contributed by atoms with van der Waals surface area (Å²) in [5, 5.41) is 0. The van der Waals surface area contributed by atoms with E-state index < -0.39 is 0 Å². The monoisotopic (exact) mass is 177 g/mol. The fourth-order valence-corrected chi connectivity index (χ4v) is 1.32. The largest absolute Gasteiger partial charge is 0.322 e. The van der Waals surface area contributed by atoms with Gasteiger partial charge in [0.1, 0.15) is 0 Å². The van der Waals surface area contributed by atoms with Gasteiger partial charge in [-0.05, 0) is 26.1 Å². The molecule has 0 bridgehead atoms. The maximum absolute atomic E-state index is 5.88. The molecule has 1 radical (unpaired) electrons. The second-order valence-electron chi connectivity index (χ2n) is 3.56. The predicted molar refractivity (Wildman–Crippen MR) is 56.1 cm³/mol. The molecule has 0 saturated heterocycles. The van der Waals surface area contributed by atoms with Crippen LogP contribution < -0.4 is 5.73 Å². The van der Waals surface area contributed by atoms with Crippen LogP contribution in [-0.4, -0.2) is 25.5 Å². The van der Waals surface area contributed by atoms with Crippen LogP contribution in [0.1, 0.15) is 5.56 Å². The lowest BCUT2D eigenvalue weighted by atomic mass is 10.1. The molecule has 2 N–H and O–H groups in total. The van der Waals surface area contributed by atoms with Crippen molar-refractivity contribution >= 4 is 0 Å². The Bertz CT molecular complexity index is 231. The zero-order chi connectivity index (χ0) is 9.68. The van der Waals surface area contributed by atoms with Crippen molar-refractivity contribution in [2.24, 2.45) is 5.73 Å². The minimum atomic E-state index is 0.856. The first-order valence-electron chi connectivity index (χ1n) is 4.47. The van der Waals surface area contributed by atoms with E-state index in [-0.39, 0.29) is 0 Å². The van der Waals surface area contributed by atoms with Gasteiger partial charge in [-0.2, -0.15) is 0 Å². The lowest BCUT2D eigenvalue weighted by Gasteiger charge is -2.15. The summed E-state index contributed by atoms with van der Waals surface area (Å²) in [5.41, 5.74) is 7.16. The zero-order valence-corrected chi connectivity index (χ0v) is 8.33. The molecule has 0 heterocycles. The first-order chi connectivity index (χ1) is 6.18. The second-order valence-corrected chi connectivity index (χ2v) is 3.56. The van der Waals surface area contributed by atoms with Crippen molar-refractivity contribution in [3.63, 3.8) is 0 Å². The third-order valence-corrected chi connectivity index (χ3v) is 1.79. The van der Waals surface area contributed by atoms with Gasteiger partial charge in [-0.15, -0.1) is 0 Å². The topological polar surface area (TPSA) is 29.3 Å².